The molecule has 0 atom stereocenters. The highest BCUT2D eigenvalue weighted by Gasteiger charge is 2.15. The minimum Gasteiger partial charge on any atom is -0.423 e. The minimum atomic E-state index is -0.551. The van der Waals surface area contributed by atoms with Crippen LogP contribution in [0.1, 0.15) is 15.9 Å². The van der Waals surface area contributed by atoms with E-state index in [4.69, 9.17) is 4.74 Å². The maximum Gasteiger partial charge on any atom is 0.343 e. The quantitative estimate of drug-likeness (QED) is 0.274. The number of hydrogen-bond donors (Lipinski definition) is 0. The number of esters is 1. The number of aryl methyl sites for hydroxylation is 1. The molecule has 0 aliphatic heterocycles. The van der Waals surface area contributed by atoms with Gasteiger partial charge in [0.05, 0.1) is 10.5 Å². The fourth-order valence-corrected chi connectivity index (χ4v) is 2.79. The van der Waals surface area contributed by atoms with Gasteiger partial charge in [0.25, 0.3) is 5.69 Å². The number of nitro benzene ring substituents is 1. The Balaban J connectivity index is 1.85. The molecule has 120 valence electrons. The molecule has 0 heterocycles. The maximum absolute atomic E-state index is 12.2. The summed E-state index contributed by atoms with van der Waals surface area (Å²) in [7, 11) is 0. The van der Waals surface area contributed by atoms with Crippen LogP contribution in [-0.4, -0.2) is 10.9 Å². The molecule has 0 unspecified atom stereocenters. The third-order valence-electron chi connectivity index (χ3n) is 3.61. The lowest BCUT2D eigenvalue weighted by Gasteiger charge is -2.07. The average molecular weight is 386 g/mol. The van der Waals surface area contributed by atoms with Gasteiger partial charge in [-0.2, -0.15) is 0 Å². The van der Waals surface area contributed by atoms with Crippen LogP contribution < -0.4 is 4.74 Å². The number of ether oxygens (including phenoxy) is 1. The fourth-order valence-electron chi connectivity index (χ4n) is 2.41. The molecular formula is C18H12BrNO4. The van der Waals surface area contributed by atoms with E-state index in [-0.39, 0.29) is 11.3 Å². The second-order valence-corrected chi connectivity index (χ2v) is 6.22. The first kappa shape index (κ1) is 16.1. The summed E-state index contributed by atoms with van der Waals surface area (Å²) in [5.41, 5.74) is 0.662. The number of benzene rings is 3. The smallest absolute Gasteiger partial charge is 0.343 e. The van der Waals surface area contributed by atoms with Crippen LogP contribution in [0, 0.1) is 17.0 Å². The van der Waals surface area contributed by atoms with Crippen molar-refractivity contribution in [3.8, 4) is 5.75 Å². The Morgan fingerprint density at radius 2 is 1.75 bits per heavy atom. The molecule has 3 aromatic carbocycles. The molecule has 0 aromatic heterocycles. The van der Waals surface area contributed by atoms with Gasteiger partial charge in [-0.25, -0.2) is 4.79 Å². The molecule has 0 saturated heterocycles. The normalized spacial score (nSPS) is 10.6. The Kier molecular flexibility index (Phi) is 4.31. The van der Waals surface area contributed by atoms with E-state index in [0.717, 1.165) is 15.2 Å². The van der Waals surface area contributed by atoms with E-state index < -0.39 is 10.9 Å². The Bertz CT molecular complexity index is 968. The SMILES string of the molecule is Cc1cc(C(=O)Oc2ccc3cc(Br)ccc3c2)ccc1[N+](=O)[O-]. The van der Waals surface area contributed by atoms with Crippen molar-refractivity contribution >= 4 is 38.4 Å². The molecule has 0 fully saturated rings. The van der Waals surface area contributed by atoms with Gasteiger partial charge < -0.3 is 4.74 Å². The van der Waals surface area contributed by atoms with Crippen LogP contribution >= 0.6 is 15.9 Å². The van der Waals surface area contributed by atoms with Crippen molar-refractivity contribution in [2.75, 3.05) is 0 Å². The summed E-state index contributed by atoms with van der Waals surface area (Å²) >= 11 is 3.41. The van der Waals surface area contributed by atoms with Crippen molar-refractivity contribution < 1.29 is 14.5 Å². The first-order chi connectivity index (χ1) is 11.4. The van der Waals surface area contributed by atoms with E-state index in [1.165, 1.54) is 18.2 Å². The van der Waals surface area contributed by atoms with Gasteiger partial charge in [-0.1, -0.05) is 28.1 Å². The third-order valence-corrected chi connectivity index (χ3v) is 4.11. The summed E-state index contributed by atoms with van der Waals surface area (Å²) in [4.78, 5) is 22.6. The number of nitrogens with zero attached hydrogens (tertiary/aromatic N) is 1. The number of carbonyl (C=O) groups excluding carboxylic acids is 1. The summed E-state index contributed by atoms with van der Waals surface area (Å²) in [6, 6.07) is 15.3. The summed E-state index contributed by atoms with van der Waals surface area (Å²) in [5.74, 6) is -0.129. The molecule has 0 bridgehead atoms. The number of carbonyl (C=O) groups is 1. The van der Waals surface area contributed by atoms with Crippen LogP contribution in [0.2, 0.25) is 0 Å². The molecule has 0 aliphatic carbocycles. The second kappa shape index (κ2) is 6.41. The lowest BCUT2D eigenvalue weighted by molar-refractivity contribution is -0.385. The van der Waals surface area contributed by atoms with Gasteiger partial charge in [-0.15, -0.1) is 0 Å². The standard InChI is InChI=1S/C18H12BrNO4/c1-11-8-14(4-7-17(11)20(22)23)18(21)24-16-6-3-12-9-15(19)5-2-13(12)10-16/h2-10H,1H3. The number of hydrogen-bond acceptors (Lipinski definition) is 4. The molecule has 0 spiro atoms. The van der Waals surface area contributed by atoms with Crippen molar-refractivity contribution in [1.82, 2.24) is 0 Å². The van der Waals surface area contributed by atoms with Crippen LogP contribution in [0.4, 0.5) is 5.69 Å². The number of fused-ring (bicyclic) bond motifs is 1. The number of nitro groups is 1. The molecule has 24 heavy (non-hydrogen) atoms. The molecule has 0 aliphatic rings. The molecular weight excluding hydrogens is 374 g/mol. The predicted octanol–water partition coefficient (Wildman–Crippen LogP) is 5.04. The lowest BCUT2D eigenvalue weighted by Crippen LogP contribution is -2.09. The molecule has 0 saturated carbocycles. The van der Waals surface area contributed by atoms with Crippen LogP contribution in [0.3, 0.4) is 0 Å². The molecule has 0 amide bonds. The van der Waals surface area contributed by atoms with E-state index in [0.29, 0.717) is 11.3 Å². The van der Waals surface area contributed by atoms with Crippen LogP contribution in [0.5, 0.6) is 5.75 Å². The zero-order valence-electron chi connectivity index (χ0n) is 12.7. The fraction of sp³-hybridized carbons (Fsp3) is 0.0556. The van der Waals surface area contributed by atoms with E-state index in [9.17, 15) is 14.9 Å². The summed E-state index contributed by atoms with van der Waals surface area (Å²) in [6.07, 6.45) is 0. The molecule has 3 aromatic rings. The van der Waals surface area contributed by atoms with Crippen LogP contribution in [-0.2, 0) is 0 Å². The maximum atomic E-state index is 12.2. The molecule has 0 radical (unpaired) electrons. The number of rotatable bonds is 3. The van der Waals surface area contributed by atoms with Gasteiger partial charge in [-0.3, -0.25) is 10.1 Å². The van der Waals surface area contributed by atoms with E-state index in [1.54, 1.807) is 19.1 Å². The highest BCUT2D eigenvalue weighted by molar-refractivity contribution is 9.10. The van der Waals surface area contributed by atoms with E-state index in [1.807, 2.05) is 24.3 Å². The average Bonchev–Trinajstić information content (AvgIpc) is 2.54. The molecule has 5 nitrogen and oxygen atoms in total. The van der Waals surface area contributed by atoms with Crippen molar-refractivity contribution in [2.45, 2.75) is 6.92 Å². The van der Waals surface area contributed by atoms with Crippen molar-refractivity contribution in [3.63, 3.8) is 0 Å². The zero-order chi connectivity index (χ0) is 17.3. The topological polar surface area (TPSA) is 69.4 Å². The Morgan fingerprint density at radius 3 is 2.46 bits per heavy atom. The first-order valence-corrected chi connectivity index (χ1v) is 7.90. The molecule has 3 rings (SSSR count). The highest BCUT2D eigenvalue weighted by Crippen LogP contribution is 2.25. The van der Waals surface area contributed by atoms with Crippen molar-refractivity contribution in [2.24, 2.45) is 0 Å². The number of halogens is 1. The van der Waals surface area contributed by atoms with Crippen LogP contribution in [0.15, 0.2) is 59.1 Å². The van der Waals surface area contributed by atoms with Gasteiger partial charge in [0.2, 0.25) is 0 Å². The molecule has 0 N–H and O–H groups in total. The predicted molar refractivity (Wildman–Crippen MR) is 94.4 cm³/mol. The highest BCUT2D eigenvalue weighted by atomic mass is 79.9. The van der Waals surface area contributed by atoms with Crippen molar-refractivity contribution in [1.29, 1.82) is 0 Å². The molecule has 6 heteroatoms. The third kappa shape index (κ3) is 3.28. The van der Waals surface area contributed by atoms with Crippen LogP contribution in [0.25, 0.3) is 10.8 Å². The van der Waals surface area contributed by atoms with Gasteiger partial charge in [0.1, 0.15) is 5.75 Å². The summed E-state index contributed by atoms with van der Waals surface area (Å²) in [6.45, 7) is 1.59. The largest absolute Gasteiger partial charge is 0.423 e. The second-order valence-electron chi connectivity index (χ2n) is 5.30. The van der Waals surface area contributed by atoms with Crippen molar-refractivity contribution in [3.05, 3.63) is 80.3 Å². The summed E-state index contributed by atoms with van der Waals surface area (Å²) < 4.78 is 6.35. The first-order valence-electron chi connectivity index (χ1n) is 7.10. The van der Waals surface area contributed by atoms with Gasteiger partial charge in [0.15, 0.2) is 0 Å². The minimum absolute atomic E-state index is 0.0252. The zero-order valence-corrected chi connectivity index (χ0v) is 14.2. The summed E-state index contributed by atoms with van der Waals surface area (Å²) in [5, 5.41) is 12.8. The monoisotopic (exact) mass is 385 g/mol. The Labute approximate surface area is 146 Å². The lowest BCUT2D eigenvalue weighted by atomic mass is 10.1. The van der Waals surface area contributed by atoms with Gasteiger partial charge in [0, 0.05) is 16.1 Å². The van der Waals surface area contributed by atoms with Gasteiger partial charge >= 0.3 is 5.97 Å². The Hall–Kier alpha value is -2.73. The Morgan fingerprint density at radius 1 is 1.04 bits per heavy atom. The van der Waals surface area contributed by atoms with E-state index in [2.05, 4.69) is 15.9 Å². The van der Waals surface area contributed by atoms with E-state index >= 15 is 0 Å². The van der Waals surface area contributed by atoms with Gasteiger partial charge in [-0.05, 0) is 54.1 Å².